The zero-order valence-electron chi connectivity index (χ0n) is 14.6. The lowest BCUT2D eigenvalue weighted by Crippen LogP contribution is -2.44. The smallest absolute Gasteiger partial charge is 0.306 e. The van der Waals surface area contributed by atoms with Crippen molar-refractivity contribution in [3.8, 4) is 12.3 Å². The number of halogens is 1. The number of nitrogens with one attached hydrogen (secondary N) is 3. The first-order valence-electron chi connectivity index (χ1n) is 8.41. The van der Waals surface area contributed by atoms with Crippen LogP contribution in [0.1, 0.15) is 16.8 Å². The van der Waals surface area contributed by atoms with E-state index in [0.29, 0.717) is 0 Å². The molecule has 1 aromatic carbocycles. The number of nitrogens with zero attached hydrogens (tertiary/aromatic N) is 1. The molecule has 0 radical (unpaired) electrons. The SMILES string of the molecule is C#CC(CC(=O)O)NC(=O)CNC(=O)c1cc(N2CCNCC2)ccc1F. The van der Waals surface area contributed by atoms with Crippen LogP contribution >= 0.6 is 0 Å². The lowest BCUT2D eigenvalue weighted by atomic mass is 10.1. The Morgan fingerprint density at radius 1 is 1.33 bits per heavy atom. The number of anilines is 1. The fourth-order valence-corrected chi connectivity index (χ4v) is 2.63. The van der Waals surface area contributed by atoms with E-state index in [4.69, 9.17) is 11.5 Å². The number of rotatable bonds is 7. The highest BCUT2D eigenvalue weighted by atomic mass is 19.1. The zero-order chi connectivity index (χ0) is 19.8. The highest BCUT2D eigenvalue weighted by Gasteiger charge is 2.18. The summed E-state index contributed by atoms with van der Waals surface area (Å²) in [7, 11) is 0. The van der Waals surface area contributed by atoms with Crippen molar-refractivity contribution in [2.45, 2.75) is 12.5 Å². The topological polar surface area (TPSA) is 111 Å². The molecule has 0 aliphatic carbocycles. The maximum Gasteiger partial charge on any atom is 0.306 e. The first-order chi connectivity index (χ1) is 12.9. The second-order valence-corrected chi connectivity index (χ2v) is 5.97. The van der Waals surface area contributed by atoms with Gasteiger partial charge in [0.15, 0.2) is 0 Å². The van der Waals surface area contributed by atoms with Gasteiger partial charge >= 0.3 is 5.97 Å². The van der Waals surface area contributed by atoms with Gasteiger partial charge in [0.25, 0.3) is 5.91 Å². The fourth-order valence-electron chi connectivity index (χ4n) is 2.63. The van der Waals surface area contributed by atoms with Gasteiger partial charge in [-0.15, -0.1) is 6.42 Å². The molecular formula is C18H21FN4O4. The first-order valence-corrected chi connectivity index (χ1v) is 8.41. The van der Waals surface area contributed by atoms with E-state index < -0.39 is 42.6 Å². The van der Waals surface area contributed by atoms with E-state index in [1.165, 1.54) is 12.1 Å². The molecule has 1 unspecified atom stereocenters. The molecule has 1 aliphatic heterocycles. The predicted octanol–water partition coefficient (Wildman–Crippen LogP) is -0.442. The molecule has 0 aromatic heterocycles. The van der Waals surface area contributed by atoms with Gasteiger partial charge in [-0.3, -0.25) is 14.4 Å². The Hall–Kier alpha value is -3.12. The normalized spacial score (nSPS) is 14.7. The van der Waals surface area contributed by atoms with Crippen molar-refractivity contribution < 1.29 is 23.9 Å². The summed E-state index contributed by atoms with van der Waals surface area (Å²) in [5.41, 5.74) is 0.555. The minimum absolute atomic E-state index is 0.169. The summed E-state index contributed by atoms with van der Waals surface area (Å²) >= 11 is 0. The van der Waals surface area contributed by atoms with E-state index in [9.17, 15) is 18.8 Å². The fraction of sp³-hybridized carbons (Fsp3) is 0.389. The third-order valence-electron chi connectivity index (χ3n) is 4.00. The number of carboxylic acid groups (broad SMARTS) is 1. The summed E-state index contributed by atoms with van der Waals surface area (Å²) in [6.07, 6.45) is 4.72. The predicted molar refractivity (Wildman–Crippen MR) is 96.8 cm³/mol. The number of aliphatic carboxylic acids is 1. The van der Waals surface area contributed by atoms with E-state index in [-0.39, 0.29) is 5.56 Å². The molecule has 1 atom stereocenters. The standard InChI is InChI=1S/C18H21FN4O4/c1-2-12(9-17(25)26)22-16(24)11-21-18(27)14-10-13(3-4-15(14)19)23-7-5-20-6-8-23/h1,3-4,10,12,20H,5-9,11H2,(H,21,27)(H,22,24)(H,25,26). The van der Waals surface area contributed by atoms with Gasteiger partial charge in [0, 0.05) is 31.9 Å². The molecule has 2 rings (SSSR count). The van der Waals surface area contributed by atoms with Crippen LogP contribution in [0.15, 0.2) is 18.2 Å². The molecule has 2 amide bonds. The van der Waals surface area contributed by atoms with E-state index in [1.54, 1.807) is 6.07 Å². The van der Waals surface area contributed by atoms with Gasteiger partial charge < -0.3 is 26.0 Å². The van der Waals surface area contributed by atoms with Crippen molar-refractivity contribution >= 4 is 23.5 Å². The molecule has 0 bridgehead atoms. The van der Waals surface area contributed by atoms with Crippen LogP contribution in [0.4, 0.5) is 10.1 Å². The van der Waals surface area contributed by atoms with Crippen LogP contribution in [0.3, 0.4) is 0 Å². The van der Waals surface area contributed by atoms with Gasteiger partial charge in [-0.25, -0.2) is 4.39 Å². The number of amides is 2. The molecule has 1 heterocycles. The van der Waals surface area contributed by atoms with Crippen LogP contribution in [0.2, 0.25) is 0 Å². The summed E-state index contributed by atoms with van der Waals surface area (Å²) < 4.78 is 14.0. The molecule has 9 heteroatoms. The minimum atomic E-state index is -1.16. The Morgan fingerprint density at radius 3 is 2.67 bits per heavy atom. The lowest BCUT2D eigenvalue weighted by Gasteiger charge is -2.29. The number of terminal acetylenes is 1. The van der Waals surface area contributed by atoms with Gasteiger partial charge in [-0.05, 0) is 18.2 Å². The third-order valence-corrected chi connectivity index (χ3v) is 4.00. The summed E-state index contributed by atoms with van der Waals surface area (Å²) in [5, 5.41) is 16.5. The molecule has 0 saturated carbocycles. The first kappa shape index (κ1) is 20.2. The monoisotopic (exact) mass is 376 g/mol. The number of carbonyl (C=O) groups excluding carboxylic acids is 2. The number of benzene rings is 1. The van der Waals surface area contributed by atoms with Crippen LogP contribution in [0, 0.1) is 18.2 Å². The molecule has 8 nitrogen and oxygen atoms in total. The summed E-state index contributed by atoms with van der Waals surface area (Å²) in [6, 6.07) is 3.28. The Kier molecular flexibility index (Phi) is 7.14. The number of carbonyl (C=O) groups is 3. The highest BCUT2D eigenvalue weighted by Crippen LogP contribution is 2.19. The van der Waals surface area contributed by atoms with Crippen molar-refractivity contribution in [1.29, 1.82) is 0 Å². The highest BCUT2D eigenvalue weighted by molar-refractivity contribution is 5.97. The van der Waals surface area contributed by atoms with Crippen LogP contribution in [-0.2, 0) is 9.59 Å². The van der Waals surface area contributed by atoms with E-state index in [1.807, 2.05) is 4.90 Å². The van der Waals surface area contributed by atoms with E-state index >= 15 is 0 Å². The number of hydrogen-bond acceptors (Lipinski definition) is 5. The van der Waals surface area contributed by atoms with Gasteiger partial charge in [0.05, 0.1) is 18.5 Å². The maximum atomic E-state index is 14.0. The maximum absolute atomic E-state index is 14.0. The van der Waals surface area contributed by atoms with Gasteiger partial charge in [-0.1, -0.05) is 5.92 Å². The molecule has 27 heavy (non-hydrogen) atoms. The van der Waals surface area contributed by atoms with E-state index in [0.717, 1.165) is 31.9 Å². The third kappa shape index (κ3) is 5.97. The Morgan fingerprint density at radius 2 is 2.04 bits per heavy atom. The van der Waals surface area contributed by atoms with Gasteiger partial charge in [-0.2, -0.15) is 0 Å². The van der Waals surface area contributed by atoms with Crippen LogP contribution in [0.25, 0.3) is 0 Å². The van der Waals surface area contributed by atoms with Gasteiger partial charge in [0.1, 0.15) is 11.9 Å². The summed E-state index contributed by atoms with van der Waals surface area (Å²) in [5.74, 6) is -1.11. The molecule has 1 fully saturated rings. The molecule has 1 aromatic rings. The van der Waals surface area contributed by atoms with Crippen molar-refractivity contribution in [1.82, 2.24) is 16.0 Å². The molecule has 1 aliphatic rings. The zero-order valence-corrected chi connectivity index (χ0v) is 14.6. The summed E-state index contributed by atoms with van der Waals surface area (Å²) in [4.78, 5) is 36.7. The second kappa shape index (κ2) is 9.54. The van der Waals surface area contributed by atoms with Crippen molar-refractivity contribution in [3.05, 3.63) is 29.6 Å². The lowest BCUT2D eigenvalue weighted by molar-refractivity contribution is -0.137. The average Bonchev–Trinajstić information content (AvgIpc) is 2.66. The second-order valence-electron chi connectivity index (χ2n) is 5.97. The molecule has 1 saturated heterocycles. The molecular weight excluding hydrogens is 355 g/mol. The van der Waals surface area contributed by atoms with Crippen molar-refractivity contribution in [2.24, 2.45) is 0 Å². The molecule has 144 valence electrons. The Bertz CT molecular complexity index is 756. The minimum Gasteiger partial charge on any atom is -0.481 e. The van der Waals surface area contributed by atoms with Crippen LogP contribution in [-0.4, -0.2) is 61.7 Å². The van der Waals surface area contributed by atoms with Gasteiger partial charge in [0.2, 0.25) is 5.91 Å². The van der Waals surface area contributed by atoms with Crippen LogP contribution in [0.5, 0.6) is 0 Å². The quantitative estimate of drug-likeness (QED) is 0.480. The van der Waals surface area contributed by atoms with Crippen molar-refractivity contribution in [2.75, 3.05) is 37.6 Å². The largest absolute Gasteiger partial charge is 0.481 e. The van der Waals surface area contributed by atoms with Crippen molar-refractivity contribution in [3.63, 3.8) is 0 Å². The Balaban J connectivity index is 1.96. The Labute approximate surface area is 156 Å². The average molecular weight is 376 g/mol. The van der Waals surface area contributed by atoms with E-state index in [2.05, 4.69) is 21.9 Å². The molecule has 4 N–H and O–H groups in total. The molecule has 0 spiro atoms. The number of piperazine rings is 1. The number of carboxylic acids is 1. The summed E-state index contributed by atoms with van der Waals surface area (Å²) in [6.45, 7) is 2.63. The number of hydrogen-bond donors (Lipinski definition) is 4. The van der Waals surface area contributed by atoms with Crippen LogP contribution < -0.4 is 20.9 Å².